The third-order valence-corrected chi connectivity index (χ3v) is 3.22. The largest absolute Gasteiger partial charge is 0.387 e. The number of para-hydroxylation sites is 1. The molecule has 0 amide bonds. The fourth-order valence-electron chi connectivity index (χ4n) is 1.82. The van der Waals surface area contributed by atoms with Crippen LogP contribution in [0, 0.1) is 10.1 Å². The van der Waals surface area contributed by atoms with Crippen molar-refractivity contribution in [3.8, 4) is 0 Å². The Morgan fingerprint density at radius 1 is 1.18 bits per heavy atom. The van der Waals surface area contributed by atoms with Gasteiger partial charge in [-0.3, -0.25) is 10.1 Å². The van der Waals surface area contributed by atoms with Gasteiger partial charge in [-0.05, 0) is 42.0 Å². The van der Waals surface area contributed by atoms with Crippen LogP contribution in [0.1, 0.15) is 11.7 Å². The molecule has 0 radical (unpaired) electrons. The second-order valence-electron chi connectivity index (χ2n) is 4.57. The van der Waals surface area contributed by atoms with E-state index in [9.17, 15) is 15.2 Å². The Labute approximate surface area is 132 Å². The zero-order chi connectivity index (χ0) is 15.9. The van der Waals surface area contributed by atoms with Crippen LogP contribution >= 0.6 is 12.2 Å². The number of nitrogens with zero attached hydrogens (tertiary/aromatic N) is 1. The van der Waals surface area contributed by atoms with Crippen LogP contribution in [-0.4, -0.2) is 21.7 Å². The highest BCUT2D eigenvalue weighted by atomic mass is 32.1. The lowest BCUT2D eigenvalue weighted by Gasteiger charge is -2.14. The number of non-ortho nitro benzene ring substituents is 1. The van der Waals surface area contributed by atoms with Gasteiger partial charge in [-0.2, -0.15) is 0 Å². The van der Waals surface area contributed by atoms with E-state index in [0.29, 0.717) is 10.7 Å². The van der Waals surface area contributed by atoms with Gasteiger partial charge in [-0.25, -0.2) is 0 Å². The molecule has 0 aromatic heterocycles. The molecule has 0 spiro atoms. The number of nitro benzene ring substituents is 1. The van der Waals surface area contributed by atoms with Crippen molar-refractivity contribution in [3.63, 3.8) is 0 Å². The third-order valence-electron chi connectivity index (χ3n) is 2.98. The number of hydrogen-bond donors (Lipinski definition) is 3. The number of aliphatic hydroxyl groups excluding tert-OH is 1. The number of anilines is 1. The Morgan fingerprint density at radius 3 is 2.41 bits per heavy atom. The lowest BCUT2D eigenvalue weighted by atomic mass is 10.1. The monoisotopic (exact) mass is 317 g/mol. The summed E-state index contributed by atoms with van der Waals surface area (Å²) >= 11 is 5.14. The Bertz CT molecular complexity index is 647. The van der Waals surface area contributed by atoms with Crippen LogP contribution in [0.4, 0.5) is 11.4 Å². The van der Waals surface area contributed by atoms with E-state index in [1.54, 1.807) is 0 Å². The molecule has 0 bridgehead atoms. The summed E-state index contributed by atoms with van der Waals surface area (Å²) in [5.74, 6) is 0. The van der Waals surface area contributed by atoms with Crippen LogP contribution in [0.15, 0.2) is 54.6 Å². The molecule has 0 unspecified atom stereocenters. The molecule has 6 nitrogen and oxygen atoms in total. The molecule has 3 N–H and O–H groups in total. The molecule has 0 fully saturated rings. The highest BCUT2D eigenvalue weighted by Crippen LogP contribution is 2.17. The molecule has 114 valence electrons. The van der Waals surface area contributed by atoms with Crippen molar-refractivity contribution in [1.29, 1.82) is 0 Å². The molecule has 2 aromatic carbocycles. The number of rotatable bonds is 5. The lowest BCUT2D eigenvalue weighted by molar-refractivity contribution is -0.384. The summed E-state index contributed by atoms with van der Waals surface area (Å²) in [6.07, 6.45) is -0.809. The first-order valence-electron chi connectivity index (χ1n) is 6.58. The van der Waals surface area contributed by atoms with E-state index in [4.69, 9.17) is 12.2 Å². The van der Waals surface area contributed by atoms with Crippen LogP contribution in [0.3, 0.4) is 0 Å². The van der Waals surface area contributed by atoms with Gasteiger partial charge in [-0.1, -0.05) is 18.2 Å². The molecule has 2 rings (SSSR count). The first kappa shape index (κ1) is 15.9. The van der Waals surface area contributed by atoms with Gasteiger partial charge in [-0.15, -0.1) is 0 Å². The van der Waals surface area contributed by atoms with E-state index in [-0.39, 0.29) is 12.2 Å². The smallest absolute Gasteiger partial charge is 0.269 e. The Hall–Kier alpha value is -2.51. The number of hydrogen-bond acceptors (Lipinski definition) is 4. The van der Waals surface area contributed by atoms with Gasteiger partial charge in [0.15, 0.2) is 5.11 Å². The standard InChI is InChI=1S/C15H15N3O3S/c19-14(11-6-8-13(9-7-11)18(20)21)10-16-15(22)17-12-4-2-1-3-5-12/h1-9,14,19H,10H2,(H2,16,17,22)/t14-/m0/s1. The normalized spacial score (nSPS) is 11.5. The molecule has 0 saturated heterocycles. The van der Waals surface area contributed by atoms with Crippen molar-refractivity contribution in [2.24, 2.45) is 0 Å². The highest BCUT2D eigenvalue weighted by molar-refractivity contribution is 7.80. The lowest BCUT2D eigenvalue weighted by Crippen LogP contribution is -2.32. The molecule has 0 heterocycles. The quantitative estimate of drug-likeness (QED) is 0.446. The molecule has 0 aliphatic rings. The summed E-state index contributed by atoms with van der Waals surface area (Å²) in [4.78, 5) is 10.1. The van der Waals surface area contributed by atoms with Crippen molar-refractivity contribution >= 4 is 28.7 Å². The van der Waals surface area contributed by atoms with E-state index in [1.165, 1.54) is 24.3 Å². The maximum Gasteiger partial charge on any atom is 0.269 e. The van der Waals surface area contributed by atoms with Gasteiger partial charge in [0.25, 0.3) is 5.69 Å². The van der Waals surface area contributed by atoms with Crippen molar-refractivity contribution in [2.75, 3.05) is 11.9 Å². The van der Waals surface area contributed by atoms with E-state index in [1.807, 2.05) is 30.3 Å². The summed E-state index contributed by atoms with van der Waals surface area (Å²) in [6, 6.07) is 15.2. The van der Waals surface area contributed by atoms with E-state index >= 15 is 0 Å². The zero-order valence-corrected chi connectivity index (χ0v) is 12.4. The summed E-state index contributed by atoms with van der Waals surface area (Å²) < 4.78 is 0. The van der Waals surface area contributed by atoms with Gasteiger partial charge in [0.1, 0.15) is 0 Å². The number of nitro groups is 1. The number of aliphatic hydroxyl groups is 1. The first-order valence-corrected chi connectivity index (χ1v) is 6.99. The summed E-state index contributed by atoms with van der Waals surface area (Å²) in [5, 5.41) is 26.9. The van der Waals surface area contributed by atoms with E-state index in [0.717, 1.165) is 5.69 Å². The third kappa shape index (κ3) is 4.51. The number of thiocarbonyl (C=S) groups is 1. The van der Waals surface area contributed by atoms with Crippen LogP contribution in [0.5, 0.6) is 0 Å². The number of benzene rings is 2. The maximum atomic E-state index is 10.6. The zero-order valence-electron chi connectivity index (χ0n) is 11.6. The summed E-state index contributed by atoms with van der Waals surface area (Å²) in [7, 11) is 0. The van der Waals surface area contributed by atoms with Crippen molar-refractivity contribution in [3.05, 3.63) is 70.3 Å². The Balaban J connectivity index is 1.85. The molecule has 0 saturated carbocycles. The van der Waals surface area contributed by atoms with Gasteiger partial charge in [0, 0.05) is 24.4 Å². The second-order valence-corrected chi connectivity index (χ2v) is 4.97. The van der Waals surface area contributed by atoms with Crippen LogP contribution in [0.25, 0.3) is 0 Å². The van der Waals surface area contributed by atoms with Crippen LogP contribution in [-0.2, 0) is 0 Å². The minimum absolute atomic E-state index is 0.00910. The van der Waals surface area contributed by atoms with Crippen molar-refractivity contribution in [1.82, 2.24) is 5.32 Å². The van der Waals surface area contributed by atoms with Gasteiger partial charge < -0.3 is 15.7 Å². The van der Waals surface area contributed by atoms with E-state index in [2.05, 4.69) is 10.6 Å². The van der Waals surface area contributed by atoms with Gasteiger partial charge in [0.05, 0.1) is 11.0 Å². The molecule has 0 aliphatic carbocycles. The SMILES string of the molecule is O=[N+]([O-])c1ccc([C@@H](O)CNC(=S)Nc2ccccc2)cc1. The summed E-state index contributed by atoms with van der Waals surface area (Å²) in [6.45, 7) is 0.205. The average Bonchev–Trinajstić information content (AvgIpc) is 2.53. The fourth-order valence-corrected chi connectivity index (χ4v) is 2.02. The Morgan fingerprint density at radius 2 is 1.82 bits per heavy atom. The Kier molecular flexibility index (Phi) is 5.40. The summed E-state index contributed by atoms with van der Waals surface area (Å²) in [5.41, 5.74) is 1.43. The maximum absolute atomic E-state index is 10.6. The minimum atomic E-state index is -0.809. The molecule has 1 atom stereocenters. The number of nitrogens with one attached hydrogen (secondary N) is 2. The van der Waals surface area contributed by atoms with E-state index < -0.39 is 11.0 Å². The fraction of sp³-hybridized carbons (Fsp3) is 0.133. The van der Waals surface area contributed by atoms with Gasteiger partial charge in [0.2, 0.25) is 0 Å². The average molecular weight is 317 g/mol. The first-order chi connectivity index (χ1) is 10.6. The molecule has 22 heavy (non-hydrogen) atoms. The molecule has 0 aliphatic heterocycles. The second kappa shape index (κ2) is 7.48. The topological polar surface area (TPSA) is 87.4 Å². The van der Waals surface area contributed by atoms with Crippen molar-refractivity contribution < 1.29 is 10.0 Å². The molecular weight excluding hydrogens is 302 g/mol. The molecule has 7 heteroatoms. The highest BCUT2D eigenvalue weighted by Gasteiger charge is 2.11. The van der Waals surface area contributed by atoms with Gasteiger partial charge >= 0.3 is 0 Å². The molecular formula is C15H15N3O3S. The van der Waals surface area contributed by atoms with Crippen LogP contribution in [0.2, 0.25) is 0 Å². The van der Waals surface area contributed by atoms with Crippen molar-refractivity contribution in [2.45, 2.75) is 6.10 Å². The van der Waals surface area contributed by atoms with Crippen LogP contribution < -0.4 is 10.6 Å². The molecule has 2 aromatic rings. The predicted molar refractivity (Wildman–Crippen MR) is 88.7 cm³/mol. The predicted octanol–water partition coefficient (Wildman–Crippen LogP) is 2.61. The minimum Gasteiger partial charge on any atom is -0.387 e.